The van der Waals surface area contributed by atoms with E-state index in [9.17, 15) is 5.11 Å². The number of hydrogen-bond acceptors (Lipinski definition) is 3. The molecule has 3 nitrogen and oxygen atoms in total. The minimum Gasteiger partial charge on any atom is -0.395 e. The fraction of sp³-hybridized carbons (Fsp3) is 0.647. The number of benzene rings is 1. The minimum absolute atomic E-state index is 0.217. The SMILES string of the molecule is CCCNCc1cc(Br)ccc1N(CCO)C1CCCC1. The van der Waals surface area contributed by atoms with Crippen LogP contribution in [0.2, 0.25) is 0 Å². The Morgan fingerprint density at radius 1 is 1.33 bits per heavy atom. The van der Waals surface area contributed by atoms with Crippen LogP contribution in [0.1, 0.15) is 44.6 Å². The molecule has 0 spiro atoms. The van der Waals surface area contributed by atoms with Crippen molar-refractivity contribution in [1.82, 2.24) is 5.32 Å². The van der Waals surface area contributed by atoms with Crippen molar-refractivity contribution in [3.63, 3.8) is 0 Å². The maximum atomic E-state index is 9.45. The van der Waals surface area contributed by atoms with Gasteiger partial charge in [-0.3, -0.25) is 0 Å². The highest BCUT2D eigenvalue weighted by atomic mass is 79.9. The molecule has 0 amide bonds. The van der Waals surface area contributed by atoms with Gasteiger partial charge in [0.05, 0.1) is 6.61 Å². The molecule has 0 bridgehead atoms. The van der Waals surface area contributed by atoms with Crippen LogP contribution in [-0.2, 0) is 6.54 Å². The molecule has 4 heteroatoms. The standard InChI is InChI=1S/C17H27BrN2O/c1-2-9-19-13-14-12-15(18)7-8-17(14)20(10-11-21)16-5-3-4-6-16/h7-8,12,16,19,21H,2-6,9-11,13H2,1H3. The average molecular weight is 355 g/mol. The second-order valence-corrected chi connectivity index (χ2v) is 6.72. The molecule has 118 valence electrons. The van der Waals surface area contributed by atoms with Gasteiger partial charge in [0, 0.05) is 29.3 Å². The highest BCUT2D eigenvalue weighted by Gasteiger charge is 2.24. The van der Waals surface area contributed by atoms with Crippen molar-refractivity contribution >= 4 is 21.6 Å². The van der Waals surface area contributed by atoms with Crippen molar-refractivity contribution in [3.05, 3.63) is 28.2 Å². The van der Waals surface area contributed by atoms with Crippen LogP contribution in [0.25, 0.3) is 0 Å². The molecule has 0 aliphatic heterocycles. The van der Waals surface area contributed by atoms with Gasteiger partial charge in [-0.15, -0.1) is 0 Å². The normalized spacial score (nSPS) is 15.6. The van der Waals surface area contributed by atoms with Crippen molar-refractivity contribution in [3.8, 4) is 0 Å². The van der Waals surface area contributed by atoms with Gasteiger partial charge in [-0.25, -0.2) is 0 Å². The van der Waals surface area contributed by atoms with Crippen LogP contribution in [0.3, 0.4) is 0 Å². The summed E-state index contributed by atoms with van der Waals surface area (Å²) in [7, 11) is 0. The third-order valence-corrected chi connectivity index (χ3v) is 4.69. The van der Waals surface area contributed by atoms with Gasteiger partial charge in [-0.05, 0) is 49.6 Å². The highest BCUT2D eigenvalue weighted by Crippen LogP contribution is 2.31. The number of anilines is 1. The summed E-state index contributed by atoms with van der Waals surface area (Å²) in [5.41, 5.74) is 2.60. The van der Waals surface area contributed by atoms with Crippen LogP contribution >= 0.6 is 15.9 Å². The first-order valence-electron chi connectivity index (χ1n) is 8.13. The van der Waals surface area contributed by atoms with Crippen molar-refractivity contribution in [2.45, 2.75) is 51.6 Å². The predicted octanol–water partition coefficient (Wildman–Crippen LogP) is 3.69. The molecule has 1 aromatic rings. The van der Waals surface area contributed by atoms with Crippen LogP contribution in [0.4, 0.5) is 5.69 Å². The second-order valence-electron chi connectivity index (χ2n) is 5.81. The van der Waals surface area contributed by atoms with Gasteiger partial charge in [0.1, 0.15) is 0 Å². The summed E-state index contributed by atoms with van der Waals surface area (Å²) < 4.78 is 1.12. The van der Waals surface area contributed by atoms with Crippen molar-refractivity contribution in [2.75, 3.05) is 24.6 Å². The lowest BCUT2D eigenvalue weighted by Crippen LogP contribution is -2.36. The van der Waals surface area contributed by atoms with Gasteiger partial charge < -0.3 is 15.3 Å². The van der Waals surface area contributed by atoms with Crippen LogP contribution < -0.4 is 10.2 Å². The number of nitrogens with one attached hydrogen (secondary N) is 1. The van der Waals surface area contributed by atoms with Gasteiger partial charge in [0.25, 0.3) is 0 Å². The van der Waals surface area contributed by atoms with E-state index < -0.39 is 0 Å². The van der Waals surface area contributed by atoms with Crippen LogP contribution in [0.15, 0.2) is 22.7 Å². The van der Waals surface area contributed by atoms with E-state index in [1.807, 2.05) is 0 Å². The van der Waals surface area contributed by atoms with E-state index in [4.69, 9.17) is 0 Å². The molecular weight excluding hydrogens is 328 g/mol. The third kappa shape index (κ3) is 4.70. The topological polar surface area (TPSA) is 35.5 Å². The van der Waals surface area contributed by atoms with Gasteiger partial charge in [0.15, 0.2) is 0 Å². The van der Waals surface area contributed by atoms with E-state index in [-0.39, 0.29) is 6.61 Å². The summed E-state index contributed by atoms with van der Waals surface area (Å²) >= 11 is 3.58. The van der Waals surface area contributed by atoms with E-state index in [0.29, 0.717) is 6.04 Å². The molecule has 1 aliphatic carbocycles. The Bertz CT molecular complexity index is 433. The van der Waals surface area contributed by atoms with Crippen LogP contribution in [0, 0.1) is 0 Å². The Morgan fingerprint density at radius 3 is 2.76 bits per heavy atom. The van der Waals surface area contributed by atoms with E-state index in [1.165, 1.54) is 36.9 Å². The lowest BCUT2D eigenvalue weighted by atomic mass is 10.1. The lowest BCUT2D eigenvalue weighted by molar-refractivity contribution is 0.297. The molecule has 2 N–H and O–H groups in total. The fourth-order valence-electron chi connectivity index (χ4n) is 3.20. The van der Waals surface area contributed by atoms with Gasteiger partial charge in [-0.2, -0.15) is 0 Å². The quantitative estimate of drug-likeness (QED) is 0.698. The molecule has 0 aromatic heterocycles. The summed E-state index contributed by atoms with van der Waals surface area (Å²) in [6.07, 6.45) is 6.27. The first kappa shape index (κ1) is 16.8. The van der Waals surface area contributed by atoms with Crippen LogP contribution in [-0.4, -0.2) is 30.8 Å². The third-order valence-electron chi connectivity index (χ3n) is 4.20. The van der Waals surface area contributed by atoms with Crippen molar-refractivity contribution in [1.29, 1.82) is 0 Å². The number of aliphatic hydroxyl groups is 1. The summed E-state index contributed by atoms with van der Waals surface area (Å²) in [4.78, 5) is 2.42. The van der Waals surface area contributed by atoms with E-state index in [0.717, 1.165) is 30.5 Å². The second kappa shape index (κ2) is 8.76. The lowest BCUT2D eigenvalue weighted by Gasteiger charge is -2.32. The first-order valence-corrected chi connectivity index (χ1v) is 8.92. The Morgan fingerprint density at radius 2 is 2.10 bits per heavy atom. The molecule has 1 fully saturated rings. The fourth-order valence-corrected chi connectivity index (χ4v) is 3.61. The summed E-state index contributed by atoms with van der Waals surface area (Å²) in [6, 6.07) is 7.10. The van der Waals surface area contributed by atoms with E-state index >= 15 is 0 Å². The maximum absolute atomic E-state index is 9.45. The maximum Gasteiger partial charge on any atom is 0.0606 e. The van der Waals surface area contributed by atoms with E-state index in [1.54, 1.807) is 0 Å². The average Bonchev–Trinajstić information content (AvgIpc) is 3.00. The highest BCUT2D eigenvalue weighted by molar-refractivity contribution is 9.10. The van der Waals surface area contributed by atoms with Gasteiger partial charge in [-0.1, -0.05) is 35.7 Å². The first-order chi connectivity index (χ1) is 10.3. The number of hydrogen-bond donors (Lipinski definition) is 2. The molecule has 0 unspecified atom stereocenters. The smallest absolute Gasteiger partial charge is 0.0606 e. The Balaban J connectivity index is 2.20. The molecule has 2 rings (SSSR count). The van der Waals surface area contributed by atoms with Crippen molar-refractivity contribution in [2.24, 2.45) is 0 Å². The van der Waals surface area contributed by atoms with Crippen molar-refractivity contribution < 1.29 is 5.11 Å². The molecule has 0 atom stereocenters. The minimum atomic E-state index is 0.217. The molecule has 1 aromatic carbocycles. The molecule has 0 saturated heterocycles. The largest absolute Gasteiger partial charge is 0.395 e. The zero-order valence-electron chi connectivity index (χ0n) is 12.9. The van der Waals surface area contributed by atoms with Gasteiger partial charge >= 0.3 is 0 Å². The Kier molecular flexibility index (Phi) is 7.00. The van der Waals surface area contributed by atoms with E-state index in [2.05, 4.69) is 51.3 Å². The molecule has 0 heterocycles. The monoisotopic (exact) mass is 354 g/mol. The molecule has 1 aliphatic rings. The zero-order chi connectivity index (χ0) is 15.1. The zero-order valence-corrected chi connectivity index (χ0v) is 14.5. The Labute approximate surface area is 136 Å². The summed E-state index contributed by atoms with van der Waals surface area (Å²) in [6.45, 7) is 5.06. The summed E-state index contributed by atoms with van der Waals surface area (Å²) in [5, 5.41) is 12.9. The number of aliphatic hydroxyl groups excluding tert-OH is 1. The number of nitrogens with zero attached hydrogens (tertiary/aromatic N) is 1. The Hall–Kier alpha value is -0.580. The molecular formula is C17H27BrN2O. The van der Waals surface area contributed by atoms with Gasteiger partial charge in [0.2, 0.25) is 0 Å². The molecule has 0 radical (unpaired) electrons. The van der Waals surface area contributed by atoms with Crippen LogP contribution in [0.5, 0.6) is 0 Å². The number of rotatable bonds is 8. The summed E-state index contributed by atoms with van der Waals surface area (Å²) in [5.74, 6) is 0. The molecule has 1 saturated carbocycles. The predicted molar refractivity (Wildman–Crippen MR) is 92.8 cm³/mol. The number of halogens is 1. The molecule has 21 heavy (non-hydrogen) atoms.